The molecular weight excluding hydrogens is 284 g/mol. The van der Waals surface area contributed by atoms with Gasteiger partial charge in [-0.2, -0.15) is 0 Å². The van der Waals surface area contributed by atoms with Gasteiger partial charge in [0.2, 0.25) is 0 Å². The molecule has 2 unspecified atom stereocenters. The molecule has 124 valence electrons. The van der Waals surface area contributed by atoms with Crippen LogP contribution in [0, 0.1) is 0 Å². The molecule has 2 atom stereocenters. The quantitative estimate of drug-likeness (QED) is 0.807. The predicted molar refractivity (Wildman–Crippen MR) is 97.0 cm³/mol. The van der Waals surface area contributed by atoms with Gasteiger partial charge in [-0.25, -0.2) is 0 Å². The van der Waals surface area contributed by atoms with Crippen molar-refractivity contribution in [1.82, 2.24) is 10.2 Å². The lowest BCUT2D eigenvalue weighted by Gasteiger charge is -2.27. The second kappa shape index (κ2) is 8.70. The molecule has 0 aliphatic carbocycles. The minimum atomic E-state index is 0.316. The molecule has 2 aromatic rings. The Kier molecular flexibility index (Phi) is 6.63. The lowest BCUT2D eigenvalue weighted by atomic mass is 10.0. The molecule has 0 fully saturated rings. The van der Waals surface area contributed by atoms with E-state index < -0.39 is 0 Å². The van der Waals surface area contributed by atoms with Crippen molar-refractivity contribution in [3.63, 3.8) is 0 Å². The Morgan fingerprint density at radius 2 is 1.65 bits per heavy atom. The van der Waals surface area contributed by atoms with Gasteiger partial charge in [0, 0.05) is 18.6 Å². The summed E-state index contributed by atoms with van der Waals surface area (Å²) in [5.41, 5.74) is 2.57. The van der Waals surface area contributed by atoms with E-state index >= 15 is 0 Å². The minimum absolute atomic E-state index is 0.316. The Balaban J connectivity index is 2.07. The number of hydrogen-bond donors (Lipinski definition) is 1. The van der Waals surface area contributed by atoms with Gasteiger partial charge in [0.15, 0.2) is 0 Å². The summed E-state index contributed by atoms with van der Waals surface area (Å²) < 4.78 is 5.46. The fraction of sp³-hybridized carbons (Fsp3) is 0.400. The summed E-state index contributed by atoms with van der Waals surface area (Å²) in [5.74, 6) is 0.963. The van der Waals surface area contributed by atoms with Gasteiger partial charge in [-0.15, -0.1) is 0 Å². The van der Waals surface area contributed by atoms with E-state index in [9.17, 15) is 0 Å². The summed E-state index contributed by atoms with van der Waals surface area (Å²) in [5, 5.41) is 3.77. The Bertz CT molecular complexity index is 583. The van der Waals surface area contributed by atoms with Crippen LogP contribution in [0.4, 0.5) is 0 Å². The van der Waals surface area contributed by atoms with Crippen LogP contribution in [-0.2, 0) is 6.42 Å². The number of benzene rings is 2. The van der Waals surface area contributed by atoms with Crippen molar-refractivity contribution in [2.24, 2.45) is 0 Å². The predicted octanol–water partition coefficient (Wildman–Crippen LogP) is 3.52. The second-order valence-corrected chi connectivity index (χ2v) is 6.31. The van der Waals surface area contributed by atoms with E-state index in [4.69, 9.17) is 4.74 Å². The number of likely N-dealkylation sites (N-methyl/N-ethyl adjacent to an activating group) is 1. The van der Waals surface area contributed by atoms with Gasteiger partial charge in [-0.05, 0) is 44.6 Å². The van der Waals surface area contributed by atoms with Crippen LogP contribution in [0.5, 0.6) is 5.75 Å². The number of nitrogens with zero attached hydrogens (tertiary/aromatic N) is 1. The molecule has 2 rings (SSSR count). The van der Waals surface area contributed by atoms with E-state index in [1.807, 2.05) is 12.1 Å². The maximum atomic E-state index is 5.46. The molecule has 3 nitrogen and oxygen atoms in total. The molecule has 0 heterocycles. The van der Waals surface area contributed by atoms with Crippen molar-refractivity contribution in [3.8, 4) is 5.75 Å². The van der Waals surface area contributed by atoms with E-state index in [-0.39, 0.29) is 0 Å². The van der Waals surface area contributed by atoms with E-state index in [1.54, 1.807) is 7.11 Å². The molecule has 0 saturated heterocycles. The van der Waals surface area contributed by atoms with Crippen molar-refractivity contribution in [2.45, 2.75) is 25.4 Å². The summed E-state index contributed by atoms with van der Waals surface area (Å²) in [6.07, 6.45) is 0.945. The van der Waals surface area contributed by atoms with Gasteiger partial charge >= 0.3 is 0 Å². The first kappa shape index (κ1) is 17.5. The van der Waals surface area contributed by atoms with E-state index in [1.165, 1.54) is 11.1 Å². The second-order valence-electron chi connectivity index (χ2n) is 6.31. The first-order valence-electron chi connectivity index (χ1n) is 8.17. The van der Waals surface area contributed by atoms with Crippen molar-refractivity contribution < 1.29 is 4.74 Å². The number of methoxy groups -OCH3 is 1. The molecule has 0 aliphatic rings. The van der Waals surface area contributed by atoms with Gasteiger partial charge in [-0.1, -0.05) is 48.5 Å². The van der Waals surface area contributed by atoms with Crippen LogP contribution in [-0.4, -0.2) is 38.7 Å². The van der Waals surface area contributed by atoms with Gasteiger partial charge in [0.25, 0.3) is 0 Å². The monoisotopic (exact) mass is 312 g/mol. The summed E-state index contributed by atoms with van der Waals surface area (Å²) in [4.78, 5) is 2.22. The molecule has 0 bridgehead atoms. The molecular formula is C20H28N2O. The lowest BCUT2D eigenvalue weighted by Crippen LogP contribution is -2.37. The normalized spacial score (nSPS) is 13.8. The van der Waals surface area contributed by atoms with Crippen molar-refractivity contribution >= 4 is 0 Å². The molecule has 0 spiro atoms. The first-order chi connectivity index (χ1) is 11.1. The van der Waals surface area contributed by atoms with Gasteiger partial charge < -0.3 is 15.0 Å². The van der Waals surface area contributed by atoms with Crippen LogP contribution < -0.4 is 10.1 Å². The molecule has 0 saturated carbocycles. The molecule has 0 radical (unpaired) electrons. The highest BCUT2D eigenvalue weighted by Crippen LogP contribution is 2.20. The Labute approximate surface area is 140 Å². The zero-order valence-corrected chi connectivity index (χ0v) is 14.6. The van der Waals surface area contributed by atoms with Crippen molar-refractivity contribution in [2.75, 3.05) is 27.7 Å². The van der Waals surface area contributed by atoms with E-state index in [2.05, 4.69) is 73.7 Å². The van der Waals surface area contributed by atoms with Crippen LogP contribution in [0.1, 0.15) is 24.1 Å². The molecule has 0 amide bonds. The fourth-order valence-corrected chi connectivity index (χ4v) is 2.91. The molecule has 2 aromatic carbocycles. The third-order valence-corrected chi connectivity index (χ3v) is 3.95. The van der Waals surface area contributed by atoms with Crippen LogP contribution in [0.15, 0.2) is 54.6 Å². The first-order valence-corrected chi connectivity index (χ1v) is 8.17. The summed E-state index contributed by atoms with van der Waals surface area (Å²) in [6.45, 7) is 3.21. The molecule has 3 heteroatoms. The molecule has 1 N–H and O–H groups in total. The van der Waals surface area contributed by atoms with Crippen molar-refractivity contribution in [1.29, 1.82) is 0 Å². The summed E-state index contributed by atoms with van der Waals surface area (Å²) >= 11 is 0. The van der Waals surface area contributed by atoms with Crippen LogP contribution in [0.3, 0.4) is 0 Å². The average Bonchev–Trinajstić information content (AvgIpc) is 2.55. The summed E-state index contributed by atoms with van der Waals surface area (Å²) in [7, 11) is 5.96. The Morgan fingerprint density at radius 1 is 1.00 bits per heavy atom. The molecule has 0 aromatic heterocycles. The standard InChI is InChI=1S/C20H28N2O/c1-16(14-18-12-8-9-13-20(18)23-4)21-19(15-22(2)3)17-10-6-5-7-11-17/h5-13,16,19,21H,14-15H2,1-4H3. The maximum absolute atomic E-state index is 5.46. The number of rotatable bonds is 8. The lowest BCUT2D eigenvalue weighted by molar-refractivity contribution is 0.322. The average molecular weight is 312 g/mol. The highest BCUT2D eigenvalue weighted by Gasteiger charge is 2.16. The molecule has 23 heavy (non-hydrogen) atoms. The van der Waals surface area contributed by atoms with E-state index in [0.717, 1.165) is 18.7 Å². The smallest absolute Gasteiger partial charge is 0.122 e. The third kappa shape index (κ3) is 5.38. The number of ether oxygens (including phenoxy) is 1. The highest BCUT2D eigenvalue weighted by molar-refractivity contribution is 5.33. The highest BCUT2D eigenvalue weighted by atomic mass is 16.5. The van der Waals surface area contributed by atoms with E-state index in [0.29, 0.717) is 12.1 Å². The molecule has 0 aliphatic heterocycles. The third-order valence-electron chi connectivity index (χ3n) is 3.95. The fourth-order valence-electron chi connectivity index (χ4n) is 2.91. The zero-order valence-electron chi connectivity index (χ0n) is 14.6. The van der Waals surface area contributed by atoms with Crippen LogP contribution >= 0.6 is 0 Å². The number of hydrogen-bond acceptors (Lipinski definition) is 3. The largest absolute Gasteiger partial charge is 0.496 e. The summed E-state index contributed by atoms with van der Waals surface area (Å²) in [6, 6.07) is 19.6. The van der Waals surface area contributed by atoms with Gasteiger partial charge in [0.05, 0.1) is 7.11 Å². The number of para-hydroxylation sites is 1. The van der Waals surface area contributed by atoms with Crippen LogP contribution in [0.2, 0.25) is 0 Å². The van der Waals surface area contributed by atoms with Gasteiger partial charge in [0.1, 0.15) is 5.75 Å². The SMILES string of the molecule is COc1ccccc1CC(C)NC(CN(C)C)c1ccccc1. The van der Waals surface area contributed by atoms with Crippen molar-refractivity contribution in [3.05, 3.63) is 65.7 Å². The van der Waals surface area contributed by atoms with Gasteiger partial charge in [-0.3, -0.25) is 0 Å². The van der Waals surface area contributed by atoms with Crippen LogP contribution in [0.25, 0.3) is 0 Å². The topological polar surface area (TPSA) is 24.5 Å². The Hall–Kier alpha value is -1.84. The Morgan fingerprint density at radius 3 is 2.30 bits per heavy atom. The maximum Gasteiger partial charge on any atom is 0.122 e. The minimum Gasteiger partial charge on any atom is -0.496 e. The number of nitrogens with one attached hydrogen (secondary N) is 1. The zero-order chi connectivity index (χ0) is 16.7.